The van der Waals surface area contributed by atoms with Gasteiger partial charge < -0.3 is 5.41 Å². The summed E-state index contributed by atoms with van der Waals surface area (Å²) in [7, 11) is 0. The fourth-order valence-electron chi connectivity index (χ4n) is 0.959. The number of nitrogens with one attached hydrogen (secondary N) is 1. The molecule has 0 aromatic rings. The van der Waals surface area contributed by atoms with Crippen molar-refractivity contribution in [2.75, 3.05) is 0 Å². The quantitative estimate of drug-likeness (QED) is 0.516. The molecule has 9 heavy (non-hydrogen) atoms. The van der Waals surface area contributed by atoms with Crippen LogP contribution in [0.15, 0.2) is 11.4 Å². The van der Waals surface area contributed by atoms with Gasteiger partial charge in [-0.15, -0.1) is 0 Å². The first-order valence-electron chi connectivity index (χ1n) is 3.15. The van der Waals surface area contributed by atoms with Gasteiger partial charge in [0.2, 0.25) is 0 Å². The maximum Gasteiger partial charge on any atom is 0.105 e. The van der Waals surface area contributed by atoms with Crippen molar-refractivity contribution in [3.8, 4) is 0 Å². The number of halogens is 1. The Labute approximate surface area is 54.1 Å². The van der Waals surface area contributed by atoms with Crippen molar-refractivity contribution in [3.05, 3.63) is 11.4 Å². The van der Waals surface area contributed by atoms with Crippen molar-refractivity contribution in [1.29, 1.82) is 5.41 Å². The van der Waals surface area contributed by atoms with Gasteiger partial charge in [0.1, 0.15) is 5.83 Å². The van der Waals surface area contributed by atoms with Crippen molar-refractivity contribution in [3.63, 3.8) is 0 Å². The summed E-state index contributed by atoms with van der Waals surface area (Å²) in [6.07, 6.45) is 2.09. The number of hydrogen-bond acceptors (Lipinski definition) is 1. The van der Waals surface area contributed by atoms with Crippen molar-refractivity contribution >= 4 is 5.71 Å². The summed E-state index contributed by atoms with van der Waals surface area (Å²) in [6, 6.07) is 0. The van der Waals surface area contributed by atoms with Gasteiger partial charge in [0, 0.05) is 11.3 Å². The summed E-state index contributed by atoms with van der Waals surface area (Å²) >= 11 is 0. The highest BCUT2D eigenvalue weighted by Gasteiger charge is 2.12. The van der Waals surface area contributed by atoms with E-state index >= 15 is 0 Å². The predicted molar refractivity (Wildman–Crippen MR) is 35.4 cm³/mol. The first-order chi connectivity index (χ1) is 4.22. The second-order valence-corrected chi connectivity index (χ2v) is 2.36. The summed E-state index contributed by atoms with van der Waals surface area (Å²) in [5.41, 5.74) is 1.03. The molecule has 0 spiro atoms. The molecule has 0 saturated carbocycles. The van der Waals surface area contributed by atoms with E-state index in [-0.39, 0.29) is 5.83 Å². The lowest BCUT2D eigenvalue weighted by Gasteiger charge is -2.11. The third-order valence-electron chi connectivity index (χ3n) is 1.68. The predicted octanol–water partition coefficient (Wildman–Crippen LogP) is 2.43. The van der Waals surface area contributed by atoms with Gasteiger partial charge in [0.25, 0.3) is 0 Å². The smallest absolute Gasteiger partial charge is 0.105 e. The van der Waals surface area contributed by atoms with Crippen LogP contribution in [0.25, 0.3) is 0 Å². The topological polar surface area (TPSA) is 23.9 Å². The first-order valence-corrected chi connectivity index (χ1v) is 3.15. The van der Waals surface area contributed by atoms with E-state index in [0.717, 1.165) is 12.8 Å². The van der Waals surface area contributed by atoms with E-state index < -0.39 is 0 Å². The molecule has 0 fully saturated rings. The molecule has 1 aliphatic rings. The highest BCUT2D eigenvalue weighted by atomic mass is 19.1. The Kier molecular flexibility index (Phi) is 1.65. The van der Waals surface area contributed by atoms with E-state index in [0.29, 0.717) is 17.7 Å². The third kappa shape index (κ3) is 1.18. The summed E-state index contributed by atoms with van der Waals surface area (Å²) in [5.74, 6) is -0.0914. The lowest BCUT2D eigenvalue weighted by Crippen LogP contribution is -2.05. The minimum absolute atomic E-state index is 0.0914. The van der Waals surface area contributed by atoms with E-state index in [1.807, 2.05) is 0 Å². The molecule has 2 heteroatoms. The molecule has 1 N–H and O–H groups in total. The monoisotopic (exact) mass is 127 g/mol. The van der Waals surface area contributed by atoms with Gasteiger partial charge in [-0.3, -0.25) is 0 Å². The Morgan fingerprint density at radius 1 is 1.44 bits per heavy atom. The summed E-state index contributed by atoms with van der Waals surface area (Å²) in [5, 5.41) is 7.23. The molecule has 0 aliphatic heterocycles. The van der Waals surface area contributed by atoms with E-state index in [1.165, 1.54) is 0 Å². The average Bonchev–Trinajstić information content (AvgIpc) is 1.83. The second-order valence-electron chi connectivity index (χ2n) is 2.36. The van der Waals surface area contributed by atoms with E-state index in [4.69, 9.17) is 5.41 Å². The van der Waals surface area contributed by atoms with E-state index in [2.05, 4.69) is 0 Å². The van der Waals surface area contributed by atoms with Gasteiger partial charge >= 0.3 is 0 Å². The minimum Gasteiger partial charge on any atom is -0.305 e. The molecule has 1 rings (SSSR count). The standard InChI is InChI=1S/C7H10FN/c1-5-6(8)3-2-4-7(5)9/h9H,2-4H2,1H3. The van der Waals surface area contributed by atoms with Crippen LogP contribution in [0.1, 0.15) is 26.2 Å². The first kappa shape index (κ1) is 6.46. The Morgan fingerprint density at radius 2 is 2.11 bits per heavy atom. The molecule has 0 amide bonds. The van der Waals surface area contributed by atoms with Crippen molar-refractivity contribution in [2.24, 2.45) is 0 Å². The van der Waals surface area contributed by atoms with Crippen LogP contribution in [0, 0.1) is 5.41 Å². The maximum absolute atomic E-state index is 12.6. The average molecular weight is 127 g/mol. The van der Waals surface area contributed by atoms with Crippen LogP contribution >= 0.6 is 0 Å². The van der Waals surface area contributed by atoms with Crippen LogP contribution in [0.3, 0.4) is 0 Å². The van der Waals surface area contributed by atoms with Crippen molar-refractivity contribution < 1.29 is 4.39 Å². The molecular formula is C7H10FN. The van der Waals surface area contributed by atoms with Gasteiger partial charge in [-0.05, 0) is 26.2 Å². The minimum atomic E-state index is -0.0914. The Hall–Kier alpha value is -0.660. The van der Waals surface area contributed by atoms with Gasteiger partial charge in [0.05, 0.1) is 0 Å². The number of hydrogen-bond donors (Lipinski definition) is 1. The van der Waals surface area contributed by atoms with Gasteiger partial charge in [-0.1, -0.05) is 0 Å². The molecule has 0 aromatic carbocycles. The van der Waals surface area contributed by atoms with Crippen molar-refractivity contribution in [1.82, 2.24) is 0 Å². The second kappa shape index (κ2) is 2.29. The number of allylic oxidation sites excluding steroid dienone is 2. The number of rotatable bonds is 0. The molecule has 0 atom stereocenters. The van der Waals surface area contributed by atoms with Crippen LogP contribution in [0.5, 0.6) is 0 Å². The highest BCUT2D eigenvalue weighted by Crippen LogP contribution is 2.21. The normalized spacial score (nSPS) is 20.9. The molecule has 0 aromatic heterocycles. The van der Waals surface area contributed by atoms with Crippen LogP contribution in [0.4, 0.5) is 4.39 Å². The van der Waals surface area contributed by atoms with Crippen LogP contribution < -0.4 is 0 Å². The highest BCUT2D eigenvalue weighted by molar-refractivity contribution is 5.98. The lowest BCUT2D eigenvalue weighted by molar-refractivity contribution is 0.561. The van der Waals surface area contributed by atoms with E-state index in [1.54, 1.807) is 6.92 Å². The van der Waals surface area contributed by atoms with E-state index in [9.17, 15) is 4.39 Å². The summed E-state index contributed by atoms with van der Waals surface area (Å²) in [6.45, 7) is 1.68. The molecule has 0 unspecified atom stereocenters. The molecule has 0 radical (unpaired) electrons. The lowest BCUT2D eigenvalue weighted by atomic mass is 9.98. The fraction of sp³-hybridized carbons (Fsp3) is 0.571. The summed E-state index contributed by atoms with van der Waals surface area (Å²) < 4.78 is 12.6. The van der Waals surface area contributed by atoms with Crippen LogP contribution in [-0.2, 0) is 0 Å². The molecule has 0 heterocycles. The molecule has 1 nitrogen and oxygen atoms in total. The van der Waals surface area contributed by atoms with Crippen LogP contribution in [-0.4, -0.2) is 5.71 Å². The third-order valence-corrected chi connectivity index (χ3v) is 1.68. The van der Waals surface area contributed by atoms with Gasteiger partial charge in [0.15, 0.2) is 0 Å². The Balaban J connectivity index is 2.84. The summed E-state index contributed by atoms with van der Waals surface area (Å²) in [4.78, 5) is 0. The SMILES string of the molecule is CC1=C(F)CCCC1=N. The largest absolute Gasteiger partial charge is 0.305 e. The molecule has 1 aliphatic carbocycles. The van der Waals surface area contributed by atoms with Crippen LogP contribution in [0.2, 0.25) is 0 Å². The molecule has 50 valence electrons. The molecule has 0 saturated heterocycles. The fourth-order valence-corrected chi connectivity index (χ4v) is 0.959. The van der Waals surface area contributed by atoms with Gasteiger partial charge in [-0.2, -0.15) is 0 Å². The zero-order valence-corrected chi connectivity index (χ0v) is 5.50. The van der Waals surface area contributed by atoms with Gasteiger partial charge in [-0.25, -0.2) is 4.39 Å². The van der Waals surface area contributed by atoms with Crippen molar-refractivity contribution in [2.45, 2.75) is 26.2 Å². The zero-order chi connectivity index (χ0) is 6.85. The zero-order valence-electron chi connectivity index (χ0n) is 5.50. The Bertz CT molecular complexity index is 170. The Morgan fingerprint density at radius 3 is 2.56 bits per heavy atom. The maximum atomic E-state index is 12.6. The molecular weight excluding hydrogens is 117 g/mol. The molecule has 0 bridgehead atoms.